The third kappa shape index (κ3) is 4.36. The van der Waals surface area contributed by atoms with E-state index >= 15 is 0 Å². The number of rotatable bonds is 6. The number of carbonyl (C=O) groups is 1. The van der Waals surface area contributed by atoms with Crippen molar-refractivity contribution in [1.29, 1.82) is 0 Å². The van der Waals surface area contributed by atoms with Crippen LogP contribution in [-0.4, -0.2) is 39.6 Å². The van der Waals surface area contributed by atoms with Gasteiger partial charge < -0.3 is 29.0 Å². The van der Waals surface area contributed by atoms with Gasteiger partial charge in [0, 0.05) is 34.4 Å². The molecule has 37 heavy (non-hydrogen) atoms. The molecule has 2 aliphatic rings. The first-order valence-corrected chi connectivity index (χ1v) is 12.7. The molecule has 3 aromatic rings. The van der Waals surface area contributed by atoms with E-state index in [0.29, 0.717) is 28.6 Å². The average molecular weight is 520 g/mol. The molecule has 0 radical (unpaired) electrons. The lowest BCUT2D eigenvalue weighted by Crippen LogP contribution is -2.32. The Kier molecular flexibility index (Phi) is 6.47. The normalized spacial score (nSPS) is 15.9. The number of carbonyl (C=O) groups excluding carboxylic acids is 1. The second-order valence-electron chi connectivity index (χ2n) is 9.41. The Morgan fingerprint density at radius 2 is 1.89 bits per heavy atom. The van der Waals surface area contributed by atoms with Crippen molar-refractivity contribution in [2.24, 2.45) is 0 Å². The average Bonchev–Trinajstić information content (AvgIpc) is 3.33. The van der Waals surface area contributed by atoms with Crippen LogP contribution in [0.4, 0.5) is 5.69 Å². The Bertz CT molecular complexity index is 1450. The molecule has 0 spiro atoms. The molecule has 8 heteroatoms. The summed E-state index contributed by atoms with van der Waals surface area (Å²) in [5.74, 6) is 1.99. The number of nitrogens with one attached hydrogen (secondary N) is 1. The van der Waals surface area contributed by atoms with Crippen LogP contribution in [-0.2, 0) is 9.47 Å². The first-order chi connectivity index (χ1) is 17.8. The third-order valence-corrected chi connectivity index (χ3v) is 7.22. The Labute approximate surface area is 220 Å². The number of hydrogen-bond acceptors (Lipinski definition) is 8. The Morgan fingerprint density at radius 1 is 1.08 bits per heavy atom. The lowest BCUT2D eigenvalue weighted by atomic mass is 9.83. The molecule has 1 N–H and O–H groups in total. The van der Waals surface area contributed by atoms with Crippen molar-refractivity contribution in [3.8, 4) is 28.4 Å². The molecule has 0 saturated heterocycles. The summed E-state index contributed by atoms with van der Waals surface area (Å²) in [5, 5.41) is 5.49. The molecule has 0 amide bonds. The molecule has 1 aromatic heterocycles. The van der Waals surface area contributed by atoms with Gasteiger partial charge in [0.2, 0.25) is 0 Å². The van der Waals surface area contributed by atoms with Crippen LogP contribution in [0.25, 0.3) is 28.5 Å². The molecular weight excluding hydrogens is 490 g/mol. The van der Waals surface area contributed by atoms with Gasteiger partial charge in [-0.3, -0.25) is 0 Å². The lowest BCUT2D eigenvalue weighted by Gasteiger charge is -2.35. The second-order valence-corrected chi connectivity index (χ2v) is 10.4. The monoisotopic (exact) mass is 519 g/mol. The van der Waals surface area contributed by atoms with Crippen LogP contribution in [0.5, 0.6) is 17.2 Å². The highest BCUT2D eigenvalue weighted by molar-refractivity contribution is 7.11. The Hall–Kier alpha value is -3.75. The van der Waals surface area contributed by atoms with Crippen molar-refractivity contribution >= 4 is 40.4 Å². The molecule has 7 nitrogen and oxygen atoms in total. The molecule has 0 fully saturated rings. The number of allylic oxidation sites excluding steroid dienone is 1. The van der Waals surface area contributed by atoms with Crippen LogP contribution in [0.15, 0.2) is 41.8 Å². The zero-order valence-electron chi connectivity index (χ0n) is 21.7. The Balaban J connectivity index is 1.79. The maximum absolute atomic E-state index is 12.4. The van der Waals surface area contributed by atoms with Crippen molar-refractivity contribution in [3.63, 3.8) is 0 Å². The van der Waals surface area contributed by atoms with Crippen LogP contribution in [0.1, 0.15) is 47.1 Å². The Morgan fingerprint density at radius 3 is 2.62 bits per heavy atom. The summed E-state index contributed by atoms with van der Waals surface area (Å²) in [6.45, 7) is 6.47. The van der Waals surface area contributed by atoms with Gasteiger partial charge in [0.05, 0.1) is 30.9 Å². The van der Waals surface area contributed by atoms with Gasteiger partial charge in [-0.2, -0.15) is 0 Å². The highest BCUT2D eigenvalue weighted by Gasteiger charge is 2.34. The van der Waals surface area contributed by atoms with Crippen molar-refractivity contribution < 1.29 is 28.5 Å². The molecular formula is C29H29NO6S. The predicted molar refractivity (Wildman–Crippen MR) is 146 cm³/mol. The molecule has 0 atom stereocenters. The quantitative estimate of drug-likeness (QED) is 0.287. The summed E-state index contributed by atoms with van der Waals surface area (Å²) in [7, 11) is 4.57. The molecule has 192 valence electrons. The fourth-order valence-electron chi connectivity index (χ4n) is 5.00. The van der Waals surface area contributed by atoms with Crippen LogP contribution < -0.4 is 19.5 Å². The molecule has 0 aliphatic carbocycles. The number of hydrogen-bond donors (Lipinski definition) is 1. The van der Waals surface area contributed by atoms with Crippen LogP contribution >= 0.6 is 11.3 Å². The minimum atomic E-state index is -0.388. The molecule has 2 aromatic carbocycles. The first-order valence-electron chi connectivity index (χ1n) is 11.8. The van der Waals surface area contributed by atoms with Crippen LogP contribution in [0, 0.1) is 0 Å². The summed E-state index contributed by atoms with van der Waals surface area (Å²) >= 11 is 1.45. The van der Waals surface area contributed by atoms with Gasteiger partial charge >= 0.3 is 5.97 Å². The van der Waals surface area contributed by atoms with Crippen LogP contribution in [0.3, 0.4) is 0 Å². The number of thiophene rings is 1. The van der Waals surface area contributed by atoms with E-state index in [0.717, 1.165) is 38.4 Å². The third-order valence-electron chi connectivity index (χ3n) is 6.35. The van der Waals surface area contributed by atoms with E-state index < -0.39 is 0 Å². The predicted octanol–water partition coefficient (Wildman–Crippen LogP) is 6.69. The summed E-state index contributed by atoms with van der Waals surface area (Å²) in [4.78, 5) is 13.2. The molecule has 5 rings (SSSR count). The molecule has 0 unspecified atom stereocenters. The molecule has 0 saturated carbocycles. The number of benzene rings is 2. The van der Waals surface area contributed by atoms with Gasteiger partial charge in [-0.1, -0.05) is 12.1 Å². The van der Waals surface area contributed by atoms with E-state index in [9.17, 15) is 4.79 Å². The lowest BCUT2D eigenvalue weighted by molar-refractivity contribution is 0.0492. The number of methoxy groups -OCH3 is 3. The van der Waals surface area contributed by atoms with E-state index in [2.05, 4.69) is 44.3 Å². The van der Waals surface area contributed by atoms with E-state index in [-0.39, 0.29) is 18.3 Å². The highest BCUT2D eigenvalue weighted by Crippen LogP contribution is 2.54. The van der Waals surface area contributed by atoms with Gasteiger partial charge in [-0.15, -0.1) is 11.3 Å². The number of anilines is 1. The standard InChI is InChI=1S/C29H29NO6S/c1-16-14-29(2,3)30-19-8-7-18-25(24(16)19)22(13-23-17(11-12-37-23)28(31)34-6)36-20-9-10-21(35-15-32-4)27(33-5)26(18)20/h7-14,30H,15H2,1-6H3/b22-13-. The van der Waals surface area contributed by atoms with Crippen molar-refractivity contribution in [3.05, 3.63) is 63.4 Å². The summed E-state index contributed by atoms with van der Waals surface area (Å²) in [6.07, 6.45) is 4.12. The fraction of sp³-hybridized carbons (Fsp3) is 0.276. The zero-order chi connectivity index (χ0) is 26.3. The molecule has 2 aliphatic heterocycles. The largest absolute Gasteiger partial charge is 0.492 e. The van der Waals surface area contributed by atoms with Gasteiger partial charge in [0.25, 0.3) is 0 Å². The maximum atomic E-state index is 12.4. The fourth-order valence-corrected chi connectivity index (χ4v) is 5.81. The van der Waals surface area contributed by atoms with E-state index in [1.807, 2.05) is 17.5 Å². The van der Waals surface area contributed by atoms with E-state index in [1.165, 1.54) is 18.4 Å². The minimum absolute atomic E-state index is 0.0910. The number of ether oxygens (including phenoxy) is 5. The highest BCUT2D eigenvalue weighted by atomic mass is 32.1. The SMILES string of the molecule is COCOc1ccc2c(c1OC)-c1ccc3c(c1/C(=C/c1sccc1C(=O)OC)O2)C(C)=CC(C)(C)N3. The van der Waals surface area contributed by atoms with Gasteiger partial charge in [-0.25, -0.2) is 4.79 Å². The topological polar surface area (TPSA) is 75.3 Å². The number of esters is 1. The van der Waals surface area contributed by atoms with Crippen molar-refractivity contribution in [1.82, 2.24) is 0 Å². The van der Waals surface area contributed by atoms with Gasteiger partial charge in [0.15, 0.2) is 18.3 Å². The van der Waals surface area contributed by atoms with Gasteiger partial charge in [0.1, 0.15) is 11.5 Å². The minimum Gasteiger partial charge on any atom is -0.492 e. The molecule has 0 bridgehead atoms. The summed E-state index contributed by atoms with van der Waals surface area (Å²) in [6, 6.07) is 9.59. The first kappa shape index (κ1) is 24.9. The van der Waals surface area contributed by atoms with Crippen molar-refractivity contribution in [2.45, 2.75) is 26.3 Å². The van der Waals surface area contributed by atoms with Crippen molar-refractivity contribution in [2.75, 3.05) is 33.4 Å². The molecule has 3 heterocycles. The van der Waals surface area contributed by atoms with E-state index in [1.54, 1.807) is 26.4 Å². The smallest absolute Gasteiger partial charge is 0.339 e. The van der Waals surface area contributed by atoms with E-state index in [4.69, 9.17) is 23.7 Å². The van der Waals surface area contributed by atoms with Crippen LogP contribution in [0.2, 0.25) is 0 Å². The summed E-state index contributed by atoms with van der Waals surface area (Å²) in [5.41, 5.74) is 6.11. The van der Waals surface area contributed by atoms with Gasteiger partial charge in [-0.05, 0) is 62.1 Å². The summed E-state index contributed by atoms with van der Waals surface area (Å²) < 4.78 is 28.3. The second kappa shape index (κ2) is 9.61. The maximum Gasteiger partial charge on any atom is 0.339 e. The number of fused-ring (bicyclic) bond motifs is 5. The zero-order valence-corrected chi connectivity index (χ0v) is 22.5.